The van der Waals surface area contributed by atoms with Crippen LogP contribution in [0.4, 0.5) is 4.39 Å². The normalized spacial score (nSPS) is 10.8. The number of rotatable bonds is 4. The van der Waals surface area contributed by atoms with Gasteiger partial charge in [0.05, 0.1) is 10.0 Å². The number of hydrogen-bond acceptors (Lipinski definition) is 5. The van der Waals surface area contributed by atoms with Crippen LogP contribution < -0.4 is 4.74 Å². The molecule has 0 spiro atoms. The Morgan fingerprint density at radius 3 is 2.69 bits per heavy atom. The monoisotopic (exact) mass is 412 g/mol. The first-order valence-electron chi connectivity index (χ1n) is 7.55. The summed E-state index contributed by atoms with van der Waals surface area (Å²) in [7, 11) is 0. The molecule has 0 bridgehead atoms. The molecule has 0 amide bonds. The number of halogens is 2. The molecule has 6 nitrogen and oxygen atoms in total. The van der Waals surface area contributed by atoms with Crippen molar-refractivity contribution in [1.29, 1.82) is 0 Å². The Hall–Kier alpha value is -3.13. The first-order valence-corrected chi connectivity index (χ1v) is 8.35. The third kappa shape index (κ3) is 2.95. The van der Waals surface area contributed by atoms with E-state index in [1.54, 1.807) is 48.5 Å². The summed E-state index contributed by atoms with van der Waals surface area (Å²) in [6.45, 7) is 0. The van der Waals surface area contributed by atoms with Gasteiger partial charge in [-0.2, -0.15) is 4.52 Å². The SMILES string of the molecule is O=Cc1ccc(Oc2ccc3nnc(-c4ccccc4F)n3n2)c(Br)c1. The van der Waals surface area contributed by atoms with Gasteiger partial charge in [-0.05, 0) is 52.3 Å². The molecule has 2 aromatic heterocycles. The van der Waals surface area contributed by atoms with E-state index in [1.165, 1.54) is 10.6 Å². The van der Waals surface area contributed by atoms with Crippen LogP contribution in [0, 0.1) is 5.82 Å². The highest BCUT2D eigenvalue weighted by atomic mass is 79.9. The molecule has 0 aliphatic rings. The standard InChI is InChI=1S/C18H10BrFN4O2/c19-13-9-11(10-25)5-6-15(13)26-17-8-7-16-21-22-18(24(16)23-17)12-3-1-2-4-14(12)20/h1-10H. The molecule has 0 aliphatic heterocycles. The van der Waals surface area contributed by atoms with E-state index in [1.807, 2.05) is 0 Å². The van der Waals surface area contributed by atoms with Gasteiger partial charge in [0, 0.05) is 11.6 Å². The number of carbonyl (C=O) groups excluding carboxylic acids is 1. The zero-order valence-corrected chi connectivity index (χ0v) is 14.7. The van der Waals surface area contributed by atoms with E-state index in [9.17, 15) is 9.18 Å². The number of aldehydes is 1. The van der Waals surface area contributed by atoms with Gasteiger partial charge < -0.3 is 4.74 Å². The third-order valence-electron chi connectivity index (χ3n) is 3.66. The average Bonchev–Trinajstić information content (AvgIpc) is 3.07. The lowest BCUT2D eigenvalue weighted by Crippen LogP contribution is -1.99. The van der Waals surface area contributed by atoms with E-state index >= 15 is 0 Å². The second-order valence-corrected chi connectivity index (χ2v) is 6.21. The van der Waals surface area contributed by atoms with Crippen LogP contribution in [0.3, 0.4) is 0 Å². The van der Waals surface area contributed by atoms with Gasteiger partial charge in [0.25, 0.3) is 0 Å². The Morgan fingerprint density at radius 2 is 1.92 bits per heavy atom. The van der Waals surface area contributed by atoms with Gasteiger partial charge in [0.1, 0.15) is 17.9 Å². The molecule has 0 N–H and O–H groups in total. The molecule has 2 aromatic carbocycles. The summed E-state index contributed by atoms with van der Waals surface area (Å²) < 4.78 is 21.9. The zero-order valence-electron chi connectivity index (χ0n) is 13.1. The van der Waals surface area contributed by atoms with Gasteiger partial charge in [-0.1, -0.05) is 12.1 Å². The molecule has 0 atom stereocenters. The van der Waals surface area contributed by atoms with Crippen LogP contribution in [0.2, 0.25) is 0 Å². The van der Waals surface area contributed by atoms with Crippen molar-refractivity contribution in [3.8, 4) is 23.0 Å². The summed E-state index contributed by atoms with van der Waals surface area (Å²) in [5, 5.41) is 12.4. The fraction of sp³-hybridized carbons (Fsp3) is 0. The lowest BCUT2D eigenvalue weighted by molar-refractivity contribution is 0.112. The summed E-state index contributed by atoms with van der Waals surface area (Å²) >= 11 is 3.36. The fourth-order valence-electron chi connectivity index (χ4n) is 2.42. The van der Waals surface area contributed by atoms with Crippen LogP contribution in [0.1, 0.15) is 10.4 Å². The van der Waals surface area contributed by atoms with E-state index in [4.69, 9.17) is 4.74 Å². The zero-order chi connectivity index (χ0) is 18.1. The Kier molecular flexibility index (Phi) is 4.18. The van der Waals surface area contributed by atoms with Crippen LogP contribution in [-0.4, -0.2) is 26.1 Å². The Bertz CT molecular complexity index is 1130. The second kappa shape index (κ2) is 6.64. The van der Waals surface area contributed by atoms with E-state index in [0.29, 0.717) is 27.0 Å². The molecule has 0 radical (unpaired) electrons. The van der Waals surface area contributed by atoms with Crippen molar-refractivity contribution in [2.45, 2.75) is 0 Å². The molecule has 0 fully saturated rings. The first-order chi connectivity index (χ1) is 12.7. The van der Waals surface area contributed by atoms with Gasteiger partial charge in [-0.25, -0.2) is 4.39 Å². The number of nitrogens with zero attached hydrogens (tertiary/aromatic N) is 4. The van der Waals surface area contributed by atoms with Gasteiger partial charge >= 0.3 is 0 Å². The molecule has 2 heterocycles. The molecule has 0 unspecified atom stereocenters. The Balaban J connectivity index is 1.75. The lowest BCUT2D eigenvalue weighted by Gasteiger charge is -2.08. The van der Waals surface area contributed by atoms with Crippen LogP contribution in [-0.2, 0) is 0 Å². The summed E-state index contributed by atoms with van der Waals surface area (Å²) in [5.41, 5.74) is 1.28. The quantitative estimate of drug-likeness (QED) is 0.467. The van der Waals surface area contributed by atoms with Crippen LogP contribution in [0.15, 0.2) is 59.1 Å². The van der Waals surface area contributed by atoms with Crippen molar-refractivity contribution in [2.75, 3.05) is 0 Å². The molecule has 4 aromatic rings. The van der Waals surface area contributed by atoms with E-state index in [2.05, 4.69) is 31.2 Å². The summed E-state index contributed by atoms with van der Waals surface area (Å²) in [6.07, 6.45) is 0.747. The molecule has 26 heavy (non-hydrogen) atoms. The highest BCUT2D eigenvalue weighted by molar-refractivity contribution is 9.10. The van der Waals surface area contributed by atoms with Crippen molar-refractivity contribution in [3.63, 3.8) is 0 Å². The third-order valence-corrected chi connectivity index (χ3v) is 4.28. The summed E-state index contributed by atoms with van der Waals surface area (Å²) in [5.74, 6) is 0.624. The Morgan fingerprint density at radius 1 is 1.08 bits per heavy atom. The van der Waals surface area contributed by atoms with E-state index in [-0.39, 0.29) is 11.7 Å². The maximum atomic E-state index is 14.1. The molecule has 0 aliphatic carbocycles. The van der Waals surface area contributed by atoms with Gasteiger partial charge in [0.2, 0.25) is 5.88 Å². The summed E-state index contributed by atoms with van der Waals surface area (Å²) in [4.78, 5) is 10.8. The number of ether oxygens (including phenoxy) is 1. The number of benzene rings is 2. The molecule has 8 heteroatoms. The van der Waals surface area contributed by atoms with E-state index < -0.39 is 5.82 Å². The highest BCUT2D eigenvalue weighted by Gasteiger charge is 2.14. The molecule has 0 saturated heterocycles. The van der Waals surface area contributed by atoms with Gasteiger partial charge in [-0.15, -0.1) is 15.3 Å². The number of aromatic nitrogens is 4. The molecule has 4 rings (SSSR count). The summed E-state index contributed by atoms with van der Waals surface area (Å²) in [6, 6.07) is 14.5. The molecular formula is C18H10BrFN4O2. The number of fused-ring (bicyclic) bond motifs is 1. The van der Waals surface area contributed by atoms with Crippen molar-refractivity contribution in [1.82, 2.24) is 19.8 Å². The second-order valence-electron chi connectivity index (χ2n) is 5.35. The van der Waals surface area contributed by atoms with Crippen LogP contribution >= 0.6 is 15.9 Å². The number of carbonyl (C=O) groups is 1. The minimum Gasteiger partial charge on any atom is -0.436 e. The number of hydrogen-bond donors (Lipinski definition) is 0. The van der Waals surface area contributed by atoms with Crippen molar-refractivity contribution < 1.29 is 13.9 Å². The maximum Gasteiger partial charge on any atom is 0.237 e. The van der Waals surface area contributed by atoms with Crippen LogP contribution in [0.5, 0.6) is 11.6 Å². The predicted octanol–water partition coefficient (Wildman–Crippen LogP) is 4.30. The van der Waals surface area contributed by atoms with Crippen molar-refractivity contribution in [3.05, 3.63) is 70.5 Å². The lowest BCUT2D eigenvalue weighted by atomic mass is 10.2. The van der Waals surface area contributed by atoms with Gasteiger partial charge in [-0.3, -0.25) is 4.79 Å². The Labute approximate surface area is 155 Å². The minimum absolute atomic E-state index is 0.273. The first kappa shape index (κ1) is 16.3. The van der Waals surface area contributed by atoms with Gasteiger partial charge in [0.15, 0.2) is 11.5 Å². The largest absolute Gasteiger partial charge is 0.436 e. The molecule has 128 valence electrons. The molecule has 0 saturated carbocycles. The topological polar surface area (TPSA) is 69.4 Å². The van der Waals surface area contributed by atoms with Crippen molar-refractivity contribution in [2.24, 2.45) is 0 Å². The van der Waals surface area contributed by atoms with E-state index in [0.717, 1.165) is 6.29 Å². The molecular weight excluding hydrogens is 403 g/mol. The fourth-order valence-corrected chi connectivity index (χ4v) is 2.90. The average molecular weight is 413 g/mol. The smallest absolute Gasteiger partial charge is 0.237 e. The predicted molar refractivity (Wildman–Crippen MR) is 95.8 cm³/mol. The van der Waals surface area contributed by atoms with Crippen LogP contribution in [0.25, 0.3) is 17.0 Å². The van der Waals surface area contributed by atoms with Crippen molar-refractivity contribution >= 4 is 27.9 Å². The highest BCUT2D eigenvalue weighted by Crippen LogP contribution is 2.30. The minimum atomic E-state index is -0.415. The maximum absolute atomic E-state index is 14.1.